The molecule has 0 amide bonds. The summed E-state index contributed by atoms with van der Waals surface area (Å²) >= 11 is 0. The van der Waals surface area contributed by atoms with Crippen molar-refractivity contribution in [3.63, 3.8) is 0 Å². The fraction of sp³-hybridized carbons (Fsp3) is 0.500. The van der Waals surface area contributed by atoms with Crippen molar-refractivity contribution in [2.45, 2.75) is 39.5 Å². The maximum atomic E-state index is 2.40. The van der Waals surface area contributed by atoms with E-state index in [0.29, 0.717) is 0 Å². The molecule has 0 spiro atoms. The third-order valence-electron chi connectivity index (χ3n) is 2.86. The Bertz CT molecular complexity index is 287. The second kappa shape index (κ2) is 2.93. The van der Waals surface area contributed by atoms with Gasteiger partial charge in [-0.1, -0.05) is 35.8 Å². The van der Waals surface area contributed by atoms with E-state index in [1.165, 1.54) is 36.8 Å². The van der Waals surface area contributed by atoms with Crippen molar-refractivity contribution in [1.82, 2.24) is 0 Å². The summed E-state index contributed by atoms with van der Waals surface area (Å²) in [4.78, 5) is 0. The predicted octanol–water partition coefficient (Wildman–Crippen LogP) is 3.76. The summed E-state index contributed by atoms with van der Waals surface area (Å²) in [6.07, 6.45) is 9.82. The van der Waals surface area contributed by atoms with Crippen LogP contribution in [0.2, 0.25) is 0 Å². The summed E-state index contributed by atoms with van der Waals surface area (Å²) < 4.78 is 0. The molecule has 0 fully saturated rings. The van der Waals surface area contributed by atoms with Gasteiger partial charge in [0.15, 0.2) is 0 Å². The average Bonchev–Trinajstić information content (AvgIpc) is 2.43. The minimum atomic E-state index is 1.23. The van der Waals surface area contributed by atoms with Gasteiger partial charge in [-0.15, -0.1) is 0 Å². The molecule has 0 saturated carbocycles. The molecule has 0 N–H and O–H groups in total. The van der Waals surface area contributed by atoms with Crippen molar-refractivity contribution in [1.29, 1.82) is 0 Å². The molecule has 0 aromatic carbocycles. The van der Waals surface area contributed by atoms with E-state index in [1.54, 1.807) is 11.1 Å². The SMILES string of the molecule is CCC1=CC2=C(CC1)CC(C)=C2. The van der Waals surface area contributed by atoms with Crippen LogP contribution in [-0.4, -0.2) is 0 Å². The molecule has 2 aliphatic carbocycles. The van der Waals surface area contributed by atoms with Gasteiger partial charge < -0.3 is 0 Å². The van der Waals surface area contributed by atoms with Crippen LogP contribution in [0.25, 0.3) is 0 Å². The summed E-state index contributed by atoms with van der Waals surface area (Å²) in [6, 6.07) is 0. The minimum absolute atomic E-state index is 1.23. The first-order valence-corrected chi connectivity index (χ1v) is 4.88. The Balaban J connectivity index is 2.26. The Morgan fingerprint density at radius 2 is 2.08 bits per heavy atom. The molecule has 0 aromatic heterocycles. The Morgan fingerprint density at radius 1 is 1.25 bits per heavy atom. The van der Waals surface area contributed by atoms with E-state index in [2.05, 4.69) is 26.0 Å². The Morgan fingerprint density at radius 3 is 2.83 bits per heavy atom. The van der Waals surface area contributed by atoms with E-state index in [9.17, 15) is 0 Å². The second-order valence-corrected chi connectivity index (χ2v) is 3.88. The molecule has 0 radical (unpaired) electrons. The summed E-state index contributed by atoms with van der Waals surface area (Å²) in [7, 11) is 0. The maximum absolute atomic E-state index is 2.40. The van der Waals surface area contributed by atoms with Crippen LogP contribution in [-0.2, 0) is 0 Å². The first-order chi connectivity index (χ1) is 5.79. The molecular weight excluding hydrogens is 144 g/mol. The lowest BCUT2D eigenvalue weighted by molar-refractivity contribution is 0.833. The van der Waals surface area contributed by atoms with Gasteiger partial charge >= 0.3 is 0 Å². The van der Waals surface area contributed by atoms with E-state index in [1.807, 2.05) is 0 Å². The monoisotopic (exact) mass is 160 g/mol. The van der Waals surface area contributed by atoms with Crippen LogP contribution in [0.3, 0.4) is 0 Å². The Kier molecular flexibility index (Phi) is 1.92. The van der Waals surface area contributed by atoms with Crippen molar-refractivity contribution in [2.75, 3.05) is 0 Å². The van der Waals surface area contributed by atoms with Crippen LogP contribution in [0.5, 0.6) is 0 Å². The van der Waals surface area contributed by atoms with Gasteiger partial charge in [-0.2, -0.15) is 0 Å². The van der Waals surface area contributed by atoms with E-state index in [4.69, 9.17) is 0 Å². The molecule has 64 valence electrons. The van der Waals surface area contributed by atoms with Crippen molar-refractivity contribution >= 4 is 0 Å². The van der Waals surface area contributed by atoms with Crippen molar-refractivity contribution in [2.24, 2.45) is 0 Å². The molecule has 0 bridgehead atoms. The molecule has 0 atom stereocenters. The molecule has 0 heterocycles. The van der Waals surface area contributed by atoms with Crippen LogP contribution in [0.1, 0.15) is 39.5 Å². The van der Waals surface area contributed by atoms with Crippen molar-refractivity contribution in [3.8, 4) is 0 Å². The van der Waals surface area contributed by atoms with E-state index < -0.39 is 0 Å². The van der Waals surface area contributed by atoms with Gasteiger partial charge in [0.05, 0.1) is 0 Å². The fourth-order valence-electron chi connectivity index (χ4n) is 2.12. The van der Waals surface area contributed by atoms with Crippen LogP contribution in [0, 0.1) is 0 Å². The quantitative estimate of drug-likeness (QED) is 0.548. The first-order valence-electron chi connectivity index (χ1n) is 4.88. The standard InChI is InChI=1S/C12H16/c1-3-10-4-5-11-6-9(2)7-12(11)8-10/h7-8H,3-6H2,1-2H3. The van der Waals surface area contributed by atoms with Crippen LogP contribution in [0.4, 0.5) is 0 Å². The highest BCUT2D eigenvalue weighted by Gasteiger charge is 2.15. The lowest BCUT2D eigenvalue weighted by Gasteiger charge is -2.13. The summed E-state index contributed by atoms with van der Waals surface area (Å²) in [5, 5.41) is 0. The Hall–Kier alpha value is -0.780. The zero-order valence-electron chi connectivity index (χ0n) is 7.98. The normalized spacial score (nSPS) is 22.2. The van der Waals surface area contributed by atoms with Gasteiger partial charge in [-0.3, -0.25) is 0 Å². The molecule has 2 rings (SSSR count). The molecule has 0 saturated heterocycles. The van der Waals surface area contributed by atoms with E-state index in [-0.39, 0.29) is 0 Å². The zero-order valence-corrected chi connectivity index (χ0v) is 7.98. The summed E-state index contributed by atoms with van der Waals surface area (Å²) in [5.41, 5.74) is 6.36. The smallest absolute Gasteiger partial charge is 0.00988 e. The highest BCUT2D eigenvalue weighted by Crippen LogP contribution is 2.35. The minimum Gasteiger partial charge on any atom is -0.0696 e. The predicted molar refractivity (Wildman–Crippen MR) is 53.0 cm³/mol. The highest BCUT2D eigenvalue weighted by molar-refractivity contribution is 5.48. The maximum Gasteiger partial charge on any atom is -0.00988 e. The molecule has 0 nitrogen and oxygen atoms in total. The summed E-state index contributed by atoms with van der Waals surface area (Å²) in [6.45, 7) is 4.49. The molecule has 0 aromatic rings. The molecule has 0 aliphatic heterocycles. The topological polar surface area (TPSA) is 0 Å². The second-order valence-electron chi connectivity index (χ2n) is 3.88. The molecule has 2 aliphatic rings. The number of hydrogen-bond acceptors (Lipinski definition) is 0. The molecular formula is C12H16. The van der Waals surface area contributed by atoms with Gasteiger partial charge in [0.2, 0.25) is 0 Å². The zero-order chi connectivity index (χ0) is 8.55. The van der Waals surface area contributed by atoms with Crippen LogP contribution in [0.15, 0.2) is 34.4 Å². The van der Waals surface area contributed by atoms with Gasteiger partial charge in [-0.25, -0.2) is 0 Å². The van der Waals surface area contributed by atoms with Crippen LogP contribution < -0.4 is 0 Å². The van der Waals surface area contributed by atoms with Gasteiger partial charge in [-0.05, 0) is 38.2 Å². The Labute approximate surface area is 74.7 Å². The van der Waals surface area contributed by atoms with E-state index >= 15 is 0 Å². The van der Waals surface area contributed by atoms with Gasteiger partial charge in [0.25, 0.3) is 0 Å². The third-order valence-corrected chi connectivity index (χ3v) is 2.86. The highest BCUT2D eigenvalue weighted by atomic mass is 14.2. The fourth-order valence-corrected chi connectivity index (χ4v) is 2.12. The number of allylic oxidation sites excluding steroid dienone is 6. The third kappa shape index (κ3) is 1.26. The summed E-state index contributed by atoms with van der Waals surface area (Å²) in [5.74, 6) is 0. The first kappa shape index (κ1) is 7.85. The van der Waals surface area contributed by atoms with E-state index in [0.717, 1.165) is 0 Å². The average molecular weight is 160 g/mol. The molecule has 0 unspecified atom stereocenters. The molecule has 0 heteroatoms. The number of rotatable bonds is 1. The largest absolute Gasteiger partial charge is 0.0696 e. The number of hydrogen-bond donors (Lipinski definition) is 0. The lowest BCUT2D eigenvalue weighted by atomic mass is 9.92. The van der Waals surface area contributed by atoms with Crippen molar-refractivity contribution in [3.05, 3.63) is 34.4 Å². The van der Waals surface area contributed by atoms with Crippen molar-refractivity contribution < 1.29 is 0 Å². The van der Waals surface area contributed by atoms with Gasteiger partial charge in [0, 0.05) is 0 Å². The lowest BCUT2D eigenvalue weighted by Crippen LogP contribution is -1.94. The molecule has 12 heavy (non-hydrogen) atoms. The van der Waals surface area contributed by atoms with Crippen LogP contribution >= 0.6 is 0 Å². The van der Waals surface area contributed by atoms with Gasteiger partial charge in [0.1, 0.15) is 0 Å².